The van der Waals surface area contributed by atoms with Crippen molar-refractivity contribution in [1.29, 1.82) is 0 Å². The monoisotopic (exact) mass is 307 g/mol. The fourth-order valence-electron chi connectivity index (χ4n) is 1.63. The van der Waals surface area contributed by atoms with Crippen LogP contribution in [0.2, 0.25) is 10.0 Å². The summed E-state index contributed by atoms with van der Waals surface area (Å²) in [5.74, 6) is -1.43. The number of hydrogen-bond donors (Lipinski definition) is 1. The Morgan fingerprint density at radius 3 is 2.63 bits per heavy atom. The van der Waals surface area contributed by atoms with Crippen molar-refractivity contribution in [1.82, 2.24) is 0 Å². The van der Waals surface area contributed by atoms with Gasteiger partial charge < -0.3 is 19.9 Å². The van der Waals surface area contributed by atoms with Crippen molar-refractivity contribution in [3.63, 3.8) is 0 Å². The van der Waals surface area contributed by atoms with E-state index >= 15 is 0 Å². The summed E-state index contributed by atoms with van der Waals surface area (Å²) < 4.78 is 15.4. The van der Waals surface area contributed by atoms with Gasteiger partial charge in [-0.15, -0.1) is 0 Å². The predicted octanol–water partition coefficient (Wildman–Crippen LogP) is 3.27. The van der Waals surface area contributed by atoms with Crippen molar-refractivity contribution in [3.8, 4) is 0 Å². The lowest BCUT2D eigenvalue weighted by atomic mass is 10.0. The molecule has 2 N–H and O–H groups in total. The van der Waals surface area contributed by atoms with E-state index in [9.17, 15) is 4.79 Å². The molecule has 5 nitrogen and oxygen atoms in total. The number of nitrogens with two attached hydrogens (primary N) is 1. The van der Waals surface area contributed by atoms with Crippen LogP contribution in [-0.4, -0.2) is 20.0 Å². The number of ether oxygens (including phenoxy) is 3. The highest BCUT2D eigenvalue weighted by molar-refractivity contribution is 6.33. The standard InChI is InChI=1S/C12H15Cl2NO4/c1-3-12(18-7-17-2,19-11(15)16)9-6-8(13)4-5-10(9)14/h4-6H,3,7H2,1-2H3,(H2,15,16)/t12-/m0/s1. The van der Waals surface area contributed by atoms with Crippen LogP contribution in [0.5, 0.6) is 0 Å². The third-order valence-electron chi connectivity index (χ3n) is 2.48. The van der Waals surface area contributed by atoms with Gasteiger partial charge in [0.05, 0.1) is 5.02 Å². The summed E-state index contributed by atoms with van der Waals surface area (Å²) in [6, 6.07) is 4.77. The van der Waals surface area contributed by atoms with Crippen molar-refractivity contribution in [2.45, 2.75) is 19.1 Å². The lowest BCUT2D eigenvalue weighted by Crippen LogP contribution is -2.38. The van der Waals surface area contributed by atoms with Gasteiger partial charge in [0, 0.05) is 24.1 Å². The second-order valence-corrected chi connectivity index (χ2v) is 4.55. The molecule has 106 valence electrons. The minimum absolute atomic E-state index is 0.0933. The van der Waals surface area contributed by atoms with Crippen LogP contribution in [0.3, 0.4) is 0 Å². The predicted molar refractivity (Wildman–Crippen MR) is 72.1 cm³/mol. The minimum atomic E-state index is -1.43. The van der Waals surface area contributed by atoms with E-state index in [1.807, 2.05) is 0 Å². The number of primary amides is 1. The summed E-state index contributed by atoms with van der Waals surface area (Å²) in [4.78, 5) is 11.1. The topological polar surface area (TPSA) is 70.8 Å². The Balaban J connectivity index is 3.26. The summed E-state index contributed by atoms with van der Waals surface area (Å²) >= 11 is 12.0. The molecule has 0 fully saturated rings. The molecule has 1 amide bonds. The molecule has 0 heterocycles. The molecule has 1 aromatic carbocycles. The van der Waals surface area contributed by atoms with Gasteiger partial charge in [0.15, 0.2) is 6.79 Å². The fourth-order valence-corrected chi connectivity index (χ4v) is 2.07. The van der Waals surface area contributed by atoms with Gasteiger partial charge in [-0.25, -0.2) is 4.79 Å². The Hall–Kier alpha value is -1.01. The maximum Gasteiger partial charge on any atom is 0.407 e. The summed E-state index contributed by atoms with van der Waals surface area (Å²) in [5, 5.41) is 0.787. The number of benzene rings is 1. The van der Waals surface area contributed by atoms with Gasteiger partial charge in [-0.2, -0.15) is 0 Å². The molecule has 0 saturated heterocycles. The molecule has 19 heavy (non-hydrogen) atoms. The third-order valence-corrected chi connectivity index (χ3v) is 3.04. The Morgan fingerprint density at radius 1 is 1.42 bits per heavy atom. The number of carbonyl (C=O) groups excluding carboxylic acids is 1. The van der Waals surface area contributed by atoms with Crippen LogP contribution in [-0.2, 0) is 20.0 Å². The molecular formula is C12H15Cl2NO4. The van der Waals surface area contributed by atoms with Gasteiger partial charge in [0.2, 0.25) is 5.79 Å². The Labute approximate surface area is 121 Å². The fraction of sp³-hybridized carbons (Fsp3) is 0.417. The lowest BCUT2D eigenvalue weighted by molar-refractivity contribution is -0.249. The van der Waals surface area contributed by atoms with E-state index in [2.05, 4.69) is 0 Å². The molecule has 1 rings (SSSR count). The second-order valence-electron chi connectivity index (χ2n) is 3.70. The van der Waals surface area contributed by atoms with Crippen LogP contribution in [0, 0.1) is 0 Å². The van der Waals surface area contributed by atoms with Crippen molar-refractivity contribution < 1.29 is 19.0 Å². The molecule has 1 aromatic rings. The van der Waals surface area contributed by atoms with Gasteiger partial charge in [0.1, 0.15) is 0 Å². The highest BCUT2D eigenvalue weighted by Gasteiger charge is 2.37. The quantitative estimate of drug-likeness (QED) is 0.819. The molecule has 0 bridgehead atoms. The van der Waals surface area contributed by atoms with Crippen molar-refractivity contribution in [3.05, 3.63) is 33.8 Å². The molecule has 0 spiro atoms. The molecular weight excluding hydrogens is 293 g/mol. The van der Waals surface area contributed by atoms with Crippen molar-refractivity contribution in [2.24, 2.45) is 5.73 Å². The van der Waals surface area contributed by atoms with Gasteiger partial charge in [-0.1, -0.05) is 30.1 Å². The largest absolute Gasteiger partial charge is 0.412 e. The summed E-state index contributed by atoms with van der Waals surface area (Å²) in [7, 11) is 1.45. The van der Waals surface area contributed by atoms with Crippen molar-refractivity contribution in [2.75, 3.05) is 13.9 Å². The molecule has 7 heteroatoms. The van der Waals surface area contributed by atoms with Crippen LogP contribution in [0.25, 0.3) is 0 Å². The maximum absolute atomic E-state index is 11.1. The molecule has 0 radical (unpaired) electrons. The summed E-state index contributed by atoms with van der Waals surface area (Å²) in [5.41, 5.74) is 5.51. The number of halogens is 2. The highest BCUT2D eigenvalue weighted by atomic mass is 35.5. The molecule has 0 aliphatic rings. The van der Waals surface area contributed by atoms with E-state index in [4.69, 9.17) is 43.1 Å². The third kappa shape index (κ3) is 3.98. The zero-order valence-electron chi connectivity index (χ0n) is 10.6. The van der Waals surface area contributed by atoms with E-state index in [1.165, 1.54) is 7.11 Å². The number of methoxy groups -OCH3 is 1. The SMILES string of the molecule is CC[C@](OCOC)(OC(N)=O)c1cc(Cl)ccc1Cl. The zero-order valence-corrected chi connectivity index (χ0v) is 12.1. The van der Waals surface area contributed by atoms with Crippen LogP contribution >= 0.6 is 23.2 Å². The van der Waals surface area contributed by atoms with E-state index in [1.54, 1.807) is 25.1 Å². The van der Waals surface area contributed by atoms with Gasteiger partial charge in [-0.05, 0) is 18.2 Å². The number of rotatable bonds is 6. The average molecular weight is 308 g/mol. The van der Waals surface area contributed by atoms with Gasteiger partial charge in [-0.3, -0.25) is 0 Å². The van der Waals surface area contributed by atoms with Crippen LogP contribution < -0.4 is 5.73 Å². The smallest absolute Gasteiger partial charge is 0.407 e. The van der Waals surface area contributed by atoms with Crippen molar-refractivity contribution >= 4 is 29.3 Å². The first kappa shape index (κ1) is 16.0. The zero-order chi connectivity index (χ0) is 14.5. The van der Waals surface area contributed by atoms with E-state index in [0.717, 1.165) is 0 Å². The minimum Gasteiger partial charge on any atom is -0.412 e. The molecule has 0 aromatic heterocycles. The normalized spacial score (nSPS) is 13.9. The Morgan fingerprint density at radius 2 is 2.11 bits per heavy atom. The van der Waals surface area contributed by atoms with E-state index in [0.29, 0.717) is 22.0 Å². The number of hydrogen-bond acceptors (Lipinski definition) is 4. The first-order valence-electron chi connectivity index (χ1n) is 5.52. The van der Waals surface area contributed by atoms with Crippen LogP contribution in [0.1, 0.15) is 18.9 Å². The van der Waals surface area contributed by atoms with Gasteiger partial charge >= 0.3 is 6.09 Å². The molecule has 0 saturated carbocycles. The van der Waals surface area contributed by atoms with Crippen LogP contribution in [0.4, 0.5) is 4.79 Å². The highest BCUT2D eigenvalue weighted by Crippen LogP contribution is 2.37. The van der Waals surface area contributed by atoms with Crippen LogP contribution in [0.15, 0.2) is 18.2 Å². The van der Waals surface area contributed by atoms with E-state index < -0.39 is 11.9 Å². The second kappa shape index (κ2) is 6.96. The Bertz CT molecular complexity index is 455. The number of carbonyl (C=O) groups is 1. The Kier molecular flexibility index (Phi) is 5.87. The molecule has 0 aliphatic carbocycles. The average Bonchev–Trinajstić information content (AvgIpc) is 2.37. The molecule has 1 atom stereocenters. The summed E-state index contributed by atoms with van der Waals surface area (Å²) in [6.45, 7) is 1.67. The summed E-state index contributed by atoms with van der Waals surface area (Å²) in [6.07, 6.45) is -0.687. The first-order valence-corrected chi connectivity index (χ1v) is 6.27. The van der Waals surface area contributed by atoms with E-state index in [-0.39, 0.29) is 6.79 Å². The number of amides is 1. The maximum atomic E-state index is 11.1. The lowest BCUT2D eigenvalue weighted by Gasteiger charge is -2.32. The first-order chi connectivity index (χ1) is 8.95. The molecule has 0 aliphatic heterocycles. The molecule has 0 unspecified atom stereocenters. The van der Waals surface area contributed by atoms with Gasteiger partial charge in [0.25, 0.3) is 0 Å².